The van der Waals surface area contributed by atoms with E-state index in [1.54, 1.807) is 37.7 Å². The topological polar surface area (TPSA) is 88.4 Å². The zero-order valence-corrected chi connectivity index (χ0v) is 23.3. The van der Waals surface area contributed by atoms with Gasteiger partial charge in [-0.05, 0) is 64.5 Å². The summed E-state index contributed by atoms with van der Waals surface area (Å²) in [6, 6.07) is 12.2. The van der Waals surface area contributed by atoms with Crippen molar-refractivity contribution >= 4 is 23.4 Å². The summed E-state index contributed by atoms with van der Waals surface area (Å²) in [6.07, 6.45) is 1.70. The Morgan fingerprint density at radius 1 is 1.11 bits per heavy atom. The average molecular weight is 537 g/mol. The van der Waals surface area contributed by atoms with Crippen LogP contribution in [0, 0.1) is 0 Å². The minimum absolute atomic E-state index is 0.0993. The molecule has 0 fully saturated rings. The van der Waals surface area contributed by atoms with Crippen molar-refractivity contribution < 1.29 is 23.7 Å². The van der Waals surface area contributed by atoms with E-state index in [-0.39, 0.29) is 18.3 Å². The number of carbonyl (C=O) groups is 1. The lowest BCUT2D eigenvalue weighted by molar-refractivity contribution is -0.139. The summed E-state index contributed by atoms with van der Waals surface area (Å²) in [5, 5.41) is 0. The monoisotopic (exact) mass is 536 g/mol. The molecule has 2 aromatic carbocycles. The van der Waals surface area contributed by atoms with E-state index >= 15 is 0 Å². The maximum absolute atomic E-state index is 13.9. The smallest absolute Gasteiger partial charge is 0.338 e. The molecular weight excluding hydrogens is 504 g/mol. The van der Waals surface area contributed by atoms with E-state index in [0.29, 0.717) is 50.0 Å². The SMILES string of the molecule is CCOC(=O)C1=C(C)N=c2s/c(=C/c3ccc(OC)c(OCC)c3)c(=O)n2[C@@H]1c1ccccc1OC(C)C. The summed E-state index contributed by atoms with van der Waals surface area (Å²) < 4.78 is 24.6. The van der Waals surface area contributed by atoms with E-state index in [4.69, 9.17) is 18.9 Å². The van der Waals surface area contributed by atoms with Crippen LogP contribution in [0.3, 0.4) is 0 Å². The van der Waals surface area contributed by atoms with Crippen molar-refractivity contribution in [3.05, 3.63) is 84.5 Å². The molecule has 1 atom stereocenters. The van der Waals surface area contributed by atoms with Crippen molar-refractivity contribution in [3.63, 3.8) is 0 Å². The van der Waals surface area contributed by atoms with Gasteiger partial charge < -0.3 is 18.9 Å². The van der Waals surface area contributed by atoms with Gasteiger partial charge in [0, 0.05) is 5.56 Å². The minimum atomic E-state index is -0.753. The number of hydrogen-bond donors (Lipinski definition) is 0. The van der Waals surface area contributed by atoms with Crippen LogP contribution in [0.2, 0.25) is 0 Å². The summed E-state index contributed by atoms with van der Waals surface area (Å²) in [6.45, 7) is 9.96. The standard InChI is InChI=1S/C29H32N2O6S/c1-7-35-23-15-19(13-14-22(23)34-6)16-24-27(32)31-26(20-11-9-10-12-21(20)37-17(3)4)25(28(33)36-8-2)18(5)30-29(31)38-24/h9-17,26H,7-8H2,1-6H3/b24-16+/t26-/m1/s1. The Morgan fingerprint density at radius 3 is 2.55 bits per heavy atom. The highest BCUT2D eigenvalue weighted by atomic mass is 32.1. The number of esters is 1. The van der Waals surface area contributed by atoms with Crippen molar-refractivity contribution in [1.29, 1.82) is 0 Å². The quantitative estimate of drug-likeness (QED) is 0.384. The van der Waals surface area contributed by atoms with E-state index in [9.17, 15) is 9.59 Å². The molecule has 2 heterocycles. The normalized spacial score (nSPS) is 15.2. The van der Waals surface area contributed by atoms with E-state index in [2.05, 4.69) is 4.99 Å². The first-order valence-electron chi connectivity index (χ1n) is 12.5. The maximum Gasteiger partial charge on any atom is 0.338 e. The van der Waals surface area contributed by atoms with Gasteiger partial charge in [0.25, 0.3) is 5.56 Å². The first-order chi connectivity index (χ1) is 18.3. The molecule has 0 N–H and O–H groups in total. The molecule has 0 spiro atoms. The summed E-state index contributed by atoms with van der Waals surface area (Å²) in [7, 11) is 1.58. The molecule has 0 radical (unpaired) electrons. The number of thiazole rings is 1. The van der Waals surface area contributed by atoms with Gasteiger partial charge in [-0.2, -0.15) is 0 Å². The lowest BCUT2D eigenvalue weighted by Crippen LogP contribution is -2.40. The number of nitrogens with zero attached hydrogens (tertiary/aromatic N) is 2. The number of allylic oxidation sites excluding steroid dienone is 1. The molecule has 1 aliphatic rings. The van der Waals surface area contributed by atoms with Crippen LogP contribution >= 0.6 is 11.3 Å². The minimum Gasteiger partial charge on any atom is -0.493 e. The average Bonchev–Trinajstić information content (AvgIpc) is 3.18. The molecule has 1 aromatic heterocycles. The lowest BCUT2D eigenvalue weighted by atomic mass is 9.95. The van der Waals surface area contributed by atoms with Crippen LogP contribution < -0.4 is 29.1 Å². The number of methoxy groups -OCH3 is 1. The van der Waals surface area contributed by atoms with Gasteiger partial charge in [-0.1, -0.05) is 35.6 Å². The number of carbonyl (C=O) groups excluding carboxylic acids is 1. The third-order valence-corrected chi connectivity index (χ3v) is 6.86. The highest BCUT2D eigenvalue weighted by molar-refractivity contribution is 7.07. The number of hydrogen-bond acceptors (Lipinski definition) is 8. The maximum atomic E-state index is 13.9. The Hall–Kier alpha value is -3.85. The van der Waals surface area contributed by atoms with Crippen LogP contribution in [0.5, 0.6) is 17.2 Å². The first-order valence-corrected chi connectivity index (χ1v) is 13.4. The molecule has 3 aromatic rings. The Kier molecular flexibility index (Phi) is 8.36. The number of fused-ring (bicyclic) bond motifs is 1. The molecule has 0 bridgehead atoms. The Bertz CT molecular complexity index is 1550. The molecular formula is C29H32N2O6S. The Labute approximate surface area is 225 Å². The second kappa shape index (κ2) is 11.7. The van der Waals surface area contributed by atoms with Crippen molar-refractivity contribution in [2.45, 2.75) is 46.8 Å². The Balaban J connectivity index is 1.94. The van der Waals surface area contributed by atoms with Gasteiger partial charge in [0.05, 0.1) is 42.2 Å². The molecule has 4 rings (SSSR count). The third-order valence-electron chi connectivity index (χ3n) is 5.88. The highest BCUT2D eigenvalue weighted by Crippen LogP contribution is 2.36. The zero-order chi connectivity index (χ0) is 27.4. The zero-order valence-electron chi connectivity index (χ0n) is 22.4. The second-order valence-corrected chi connectivity index (χ2v) is 9.86. The van der Waals surface area contributed by atoms with E-state index in [0.717, 1.165) is 5.56 Å². The van der Waals surface area contributed by atoms with Gasteiger partial charge >= 0.3 is 5.97 Å². The van der Waals surface area contributed by atoms with Gasteiger partial charge in [0.1, 0.15) is 11.8 Å². The molecule has 38 heavy (non-hydrogen) atoms. The fourth-order valence-electron chi connectivity index (χ4n) is 4.36. The summed E-state index contributed by atoms with van der Waals surface area (Å²) in [5.41, 5.74) is 2.02. The largest absolute Gasteiger partial charge is 0.493 e. The number of ether oxygens (including phenoxy) is 4. The molecule has 0 aliphatic carbocycles. The van der Waals surface area contributed by atoms with Gasteiger partial charge in [-0.25, -0.2) is 9.79 Å². The van der Waals surface area contributed by atoms with Gasteiger partial charge in [0.15, 0.2) is 16.3 Å². The van der Waals surface area contributed by atoms with Gasteiger partial charge in [-0.15, -0.1) is 0 Å². The highest BCUT2D eigenvalue weighted by Gasteiger charge is 2.35. The van der Waals surface area contributed by atoms with Crippen LogP contribution in [0.25, 0.3) is 6.08 Å². The van der Waals surface area contributed by atoms with Crippen LogP contribution in [0.4, 0.5) is 0 Å². The summed E-state index contributed by atoms with van der Waals surface area (Å²) >= 11 is 1.26. The van der Waals surface area contributed by atoms with Crippen LogP contribution in [0.1, 0.15) is 51.8 Å². The van der Waals surface area contributed by atoms with Crippen LogP contribution in [0.15, 0.2) is 63.5 Å². The van der Waals surface area contributed by atoms with E-state index in [1.165, 1.54) is 11.3 Å². The molecule has 0 saturated carbocycles. The number of aromatic nitrogens is 1. The molecule has 0 amide bonds. The summed E-state index contributed by atoms with van der Waals surface area (Å²) in [5.74, 6) is 1.29. The van der Waals surface area contributed by atoms with Crippen molar-refractivity contribution in [2.24, 2.45) is 4.99 Å². The second-order valence-electron chi connectivity index (χ2n) is 8.85. The van der Waals surface area contributed by atoms with Crippen molar-refractivity contribution in [3.8, 4) is 17.2 Å². The lowest BCUT2D eigenvalue weighted by Gasteiger charge is -2.26. The van der Waals surface area contributed by atoms with Crippen molar-refractivity contribution in [1.82, 2.24) is 4.57 Å². The number of rotatable bonds is 9. The molecule has 8 nitrogen and oxygen atoms in total. The fourth-order valence-corrected chi connectivity index (χ4v) is 5.40. The molecule has 9 heteroatoms. The number of benzene rings is 2. The molecule has 0 unspecified atom stereocenters. The van der Waals surface area contributed by atoms with Crippen LogP contribution in [-0.4, -0.2) is 37.0 Å². The number of para-hydroxylation sites is 1. The van der Waals surface area contributed by atoms with Crippen molar-refractivity contribution in [2.75, 3.05) is 20.3 Å². The third kappa shape index (κ3) is 5.38. The van der Waals surface area contributed by atoms with E-state index in [1.807, 2.05) is 57.2 Å². The Morgan fingerprint density at radius 2 is 1.87 bits per heavy atom. The summed E-state index contributed by atoms with van der Waals surface area (Å²) in [4.78, 5) is 32.2. The molecule has 200 valence electrons. The van der Waals surface area contributed by atoms with Gasteiger partial charge in [0.2, 0.25) is 0 Å². The van der Waals surface area contributed by atoms with Gasteiger partial charge in [-0.3, -0.25) is 9.36 Å². The first kappa shape index (κ1) is 27.2. The molecule has 1 aliphatic heterocycles. The van der Waals surface area contributed by atoms with Crippen LogP contribution in [-0.2, 0) is 9.53 Å². The fraction of sp³-hybridized carbons (Fsp3) is 0.345. The predicted molar refractivity (Wildman–Crippen MR) is 147 cm³/mol. The van der Waals surface area contributed by atoms with E-state index < -0.39 is 12.0 Å². The predicted octanol–water partition coefficient (Wildman–Crippen LogP) is 3.99. The molecule has 0 saturated heterocycles.